The normalized spacial score (nSPS) is 10.2. The molecule has 0 spiro atoms. The highest BCUT2D eigenvalue weighted by atomic mass is 16.5. The fourth-order valence-electron chi connectivity index (χ4n) is 3.08. The average Bonchev–Trinajstić information content (AvgIpc) is 2.77. The molecule has 0 aliphatic rings. The van der Waals surface area contributed by atoms with Crippen LogP contribution in [0.15, 0.2) is 66.7 Å². The van der Waals surface area contributed by atoms with E-state index in [2.05, 4.69) is 0 Å². The van der Waals surface area contributed by atoms with Gasteiger partial charge in [-0.2, -0.15) is 0 Å². The van der Waals surface area contributed by atoms with Crippen molar-refractivity contribution in [1.29, 1.82) is 0 Å². The van der Waals surface area contributed by atoms with Crippen LogP contribution in [0.25, 0.3) is 22.3 Å². The van der Waals surface area contributed by atoms with Gasteiger partial charge in [0.2, 0.25) is 0 Å². The maximum atomic E-state index is 12.1. The van der Waals surface area contributed by atoms with E-state index in [4.69, 9.17) is 9.47 Å². The Hall–Kier alpha value is -3.73. The summed E-state index contributed by atoms with van der Waals surface area (Å²) in [6.07, 6.45) is 0.731. The third-order valence-electron chi connectivity index (χ3n) is 4.38. The van der Waals surface area contributed by atoms with Crippen LogP contribution in [0.1, 0.15) is 31.1 Å². The standard InChI is InChI=1S/C23H18O5/c1-27-22(25)20-9-5-3-7-18(20)16-11-15(14-24)12-17(13-16)19-8-4-6-10-21(19)23(26)28-2/h3-14H,1-2H3. The molecule has 3 aromatic carbocycles. The molecule has 0 saturated heterocycles. The SMILES string of the molecule is COC(=O)c1ccccc1-c1cc(C=O)cc(-c2ccccc2C(=O)OC)c1. The number of carbonyl (C=O) groups excluding carboxylic acids is 3. The first-order valence-corrected chi connectivity index (χ1v) is 8.54. The van der Waals surface area contributed by atoms with Crippen LogP contribution in [-0.2, 0) is 9.47 Å². The topological polar surface area (TPSA) is 69.7 Å². The molecule has 0 saturated carbocycles. The lowest BCUT2D eigenvalue weighted by Gasteiger charge is -2.13. The van der Waals surface area contributed by atoms with Gasteiger partial charge in [0.15, 0.2) is 0 Å². The van der Waals surface area contributed by atoms with Crippen molar-refractivity contribution in [3.05, 3.63) is 83.4 Å². The van der Waals surface area contributed by atoms with Crippen LogP contribution in [0, 0.1) is 0 Å². The summed E-state index contributed by atoms with van der Waals surface area (Å²) in [7, 11) is 2.64. The number of ether oxygens (including phenoxy) is 2. The Morgan fingerprint density at radius 3 is 1.54 bits per heavy atom. The maximum Gasteiger partial charge on any atom is 0.338 e. The highest BCUT2D eigenvalue weighted by molar-refractivity contribution is 6.00. The smallest absolute Gasteiger partial charge is 0.338 e. The van der Waals surface area contributed by atoms with E-state index in [1.54, 1.807) is 60.7 Å². The molecular weight excluding hydrogens is 356 g/mol. The van der Waals surface area contributed by atoms with Crippen molar-refractivity contribution < 1.29 is 23.9 Å². The Bertz CT molecular complexity index is 975. The Morgan fingerprint density at radius 1 is 0.714 bits per heavy atom. The lowest BCUT2D eigenvalue weighted by Crippen LogP contribution is -2.04. The van der Waals surface area contributed by atoms with E-state index in [0.717, 1.165) is 6.29 Å². The van der Waals surface area contributed by atoms with E-state index >= 15 is 0 Å². The molecule has 0 radical (unpaired) electrons. The van der Waals surface area contributed by atoms with Crippen molar-refractivity contribution in [3.8, 4) is 22.3 Å². The highest BCUT2D eigenvalue weighted by Gasteiger charge is 2.17. The summed E-state index contributed by atoms with van der Waals surface area (Å²) >= 11 is 0. The zero-order valence-corrected chi connectivity index (χ0v) is 15.5. The number of hydrogen-bond acceptors (Lipinski definition) is 5. The summed E-state index contributed by atoms with van der Waals surface area (Å²) in [5.74, 6) is -0.938. The lowest BCUT2D eigenvalue weighted by atomic mass is 9.92. The van der Waals surface area contributed by atoms with Gasteiger partial charge >= 0.3 is 11.9 Å². The van der Waals surface area contributed by atoms with Gasteiger partial charge in [0.25, 0.3) is 0 Å². The molecule has 3 aromatic rings. The van der Waals surface area contributed by atoms with Crippen LogP contribution in [0.4, 0.5) is 0 Å². The number of methoxy groups -OCH3 is 2. The second kappa shape index (κ2) is 8.31. The second-order valence-electron chi connectivity index (χ2n) is 6.04. The van der Waals surface area contributed by atoms with Crippen LogP contribution >= 0.6 is 0 Å². The number of carbonyl (C=O) groups is 3. The van der Waals surface area contributed by atoms with Gasteiger partial charge in [-0.15, -0.1) is 0 Å². The Balaban J connectivity index is 2.23. The third kappa shape index (κ3) is 3.69. The van der Waals surface area contributed by atoms with Crippen LogP contribution in [0.3, 0.4) is 0 Å². The van der Waals surface area contributed by atoms with E-state index in [1.165, 1.54) is 14.2 Å². The first-order valence-electron chi connectivity index (χ1n) is 8.54. The molecule has 0 aliphatic carbocycles. The maximum absolute atomic E-state index is 12.1. The van der Waals surface area contributed by atoms with E-state index in [-0.39, 0.29) is 0 Å². The Morgan fingerprint density at radius 2 is 1.14 bits per heavy atom. The minimum Gasteiger partial charge on any atom is -0.465 e. The van der Waals surface area contributed by atoms with Gasteiger partial charge in [0.05, 0.1) is 25.3 Å². The number of rotatable bonds is 5. The molecule has 5 nitrogen and oxygen atoms in total. The zero-order valence-electron chi connectivity index (χ0n) is 15.5. The molecule has 0 N–H and O–H groups in total. The highest BCUT2D eigenvalue weighted by Crippen LogP contribution is 2.32. The molecule has 0 amide bonds. The van der Waals surface area contributed by atoms with Gasteiger partial charge in [0, 0.05) is 5.56 Å². The first-order chi connectivity index (χ1) is 13.6. The molecule has 0 aromatic heterocycles. The first kappa shape index (κ1) is 19.0. The van der Waals surface area contributed by atoms with Crippen molar-refractivity contribution in [2.75, 3.05) is 14.2 Å². The molecule has 5 heteroatoms. The molecule has 0 fully saturated rings. The number of benzene rings is 3. The second-order valence-corrected chi connectivity index (χ2v) is 6.04. The zero-order chi connectivity index (χ0) is 20.1. The predicted octanol–water partition coefficient (Wildman–Crippen LogP) is 4.41. The van der Waals surface area contributed by atoms with E-state index in [0.29, 0.717) is 38.9 Å². The summed E-state index contributed by atoms with van der Waals surface area (Å²) in [4.78, 5) is 35.8. The minimum absolute atomic E-state index is 0.389. The number of aldehydes is 1. The van der Waals surface area contributed by atoms with E-state index in [1.807, 2.05) is 6.07 Å². The summed E-state index contributed by atoms with van der Waals surface area (Å²) in [6.45, 7) is 0. The molecule has 140 valence electrons. The summed E-state index contributed by atoms with van der Waals surface area (Å²) in [6, 6.07) is 19.2. The van der Waals surface area contributed by atoms with Gasteiger partial charge in [-0.3, -0.25) is 4.79 Å². The van der Waals surface area contributed by atoms with Crippen molar-refractivity contribution in [2.24, 2.45) is 0 Å². The van der Waals surface area contributed by atoms with Gasteiger partial charge in [0.1, 0.15) is 6.29 Å². The molecule has 0 aliphatic heterocycles. The van der Waals surface area contributed by atoms with Crippen LogP contribution in [-0.4, -0.2) is 32.4 Å². The average molecular weight is 374 g/mol. The lowest BCUT2D eigenvalue weighted by molar-refractivity contribution is 0.0592. The van der Waals surface area contributed by atoms with Crippen molar-refractivity contribution in [3.63, 3.8) is 0 Å². The van der Waals surface area contributed by atoms with Crippen molar-refractivity contribution >= 4 is 18.2 Å². The largest absolute Gasteiger partial charge is 0.465 e. The van der Waals surface area contributed by atoms with Crippen LogP contribution in [0.5, 0.6) is 0 Å². The number of esters is 2. The molecular formula is C23H18O5. The van der Waals surface area contributed by atoms with Crippen LogP contribution < -0.4 is 0 Å². The quantitative estimate of drug-likeness (QED) is 0.489. The Labute approximate surface area is 162 Å². The molecule has 3 rings (SSSR count). The van der Waals surface area contributed by atoms with Crippen molar-refractivity contribution in [1.82, 2.24) is 0 Å². The molecule has 0 bridgehead atoms. The van der Waals surface area contributed by atoms with Crippen molar-refractivity contribution in [2.45, 2.75) is 0 Å². The molecule has 28 heavy (non-hydrogen) atoms. The van der Waals surface area contributed by atoms with Crippen LogP contribution in [0.2, 0.25) is 0 Å². The summed E-state index contributed by atoms with van der Waals surface area (Å²) < 4.78 is 9.73. The fraction of sp³-hybridized carbons (Fsp3) is 0.0870. The Kier molecular flexibility index (Phi) is 5.65. The minimum atomic E-state index is -0.469. The predicted molar refractivity (Wildman–Crippen MR) is 105 cm³/mol. The van der Waals surface area contributed by atoms with Gasteiger partial charge in [-0.25, -0.2) is 9.59 Å². The van der Waals surface area contributed by atoms with E-state index in [9.17, 15) is 14.4 Å². The summed E-state index contributed by atoms with van der Waals surface area (Å²) in [5.41, 5.74) is 3.80. The van der Waals surface area contributed by atoms with Gasteiger partial charge < -0.3 is 9.47 Å². The number of hydrogen-bond donors (Lipinski definition) is 0. The molecule has 0 heterocycles. The fourth-order valence-corrected chi connectivity index (χ4v) is 3.08. The summed E-state index contributed by atoms with van der Waals surface area (Å²) in [5, 5.41) is 0. The van der Waals surface area contributed by atoms with Gasteiger partial charge in [-0.1, -0.05) is 36.4 Å². The van der Waals surface area contributed by atoms with E-state index < -0.39 is 11.9 Å². The third-order valence-corrected chi connectivity index (χ3v) is 4.38. The molecule has 0 unspecified atom stereocenters. The monoisotopic (exact) mass is 374 g/mol. The van der Waals surface area contributed by atoms with Gasteiger partial charge in [-0.05, 0) is 52.6 Å². The molecule has 0 atom stereocenters.